The van der Waals surface area contributed by atoms with Crippen molar-refractivity contribution in [1.29, 1.82) is 0 Å². The summed E-state index contributed by atoms with van der Waals surface area (Å²) in [5, 5.41) is 2.72. The second-order valence-electron chi connectivity index (χ2n) is 4.06. The molecule has 0 aliphatic heterocycles. The van der Waals surface area contributed by atoms with Crippen LogP contribution in [0.3, 0.4) is 0 Å². The molecule has 1 aromatic carbocycles. The van der Waals surface area contributed by atoms with E-state index in [-0.39, 0.29) is 22.1 Å². The summed E-state index contributed by atoms with van der Waals surface area (Å²) in [7, 11) is -1.97. The molecule has 0 saturated heterocycles. The van der Waals surface area contributed by atoms with Crippen LogP contribution in [0, 0.1) is 0 Å². The minimum Gasteiger partial charge on any atom is -0.467 e. The second kappa shape index (κ2) is 5.70. The number of nitrogens with zero attached hydrogens (tertiary/aromatic N) is 3. The molecule has 0 aliphatic rings. The molecule has 0 amide bonds. The lowest BCUT2D eigenvalue weighted by Gasteiger charge is -2.10. The highest BCUT2D eigenvalue weighted by molar-refractivity contribution is 7.90. The Morgan fingerprint density at radius 2 is 2.00 bits per heavy atom. The standard InChI is InChI=1S/C11H12ClN5O3S/c1-20-11-16-9(12)15-10(17-11)14-8-5-6(21(2,18)19)3-4-7(8)13/h3-5H,13H2,1-2H3,(H,14,15,16,17). The van der Waals surface area contributed by atoms with Gasteiger partial charge in [-0.3, -0.25) is 0 Å². The van der Waals surface area contributed by atoms with Crippen LogP contribution in [0.4, 0.5) is 17.3 Å². The van der Waals surface area contributed by atoms with E-state index in [4.69, 9.17) is 22.1 Å². The van der Waals surface area contributed by atoms with Crippen molar-refractivity contribution in [2.24, 2.45) is 0 Å². The summed E-state index contributed by atoms with van der Waals surface area (Å²) in [4.78, 5) is 11.6. The predicted octanol–water partition coefficient (Wildman–Crippen LogP) is 1.26. The van der Waals surface area contributed by atoms with Gasteiger partial charge in [0.05, 0.1) is 23.4 Å². The number of hydrogen-bond acceptors (Lipinski definition) is 8. The van der Waals surface area contributed by atoms with E-state index in [0.717, 1.165) is 6.26 Å². The number of sulfone groups is 1. The molecule has 0 bridgehead atoms. The molecule has 0 fully saturated rings. The number of benzene rings is 1. The zero-order valence-electron chi connectivity index (χ0n) is 11.2. The fraction of sp³-hybridized carbons (Fsp3) is 0.182. The molecule has 112 valence electrons. The van der Waals surface area contributed by atoms with Crippen molar-refractivity contribution in [2.75, 3.05) is 24.4 Å². The molecule has 1 aromatic heterocycles. The number of nitrogen functional groups attached to an aromatic ring is 1. The van der Waals surface area contributed by atoms with E-state index in [0.29, 0.717) is 11.4 Å². The number of methoxy groups -OCH3 is 1. The first kappa shape index (κ1) is 15.3. The van der Waals surface area contributed by atoms with Gasteiger partial charge in [0.25, 0.3) is 0 Å². The molecule has 0 spiro atoms. The Labute approximate surface area is 126 Å². The van der Waals surface area contributed by atoms with Crippen molar-refractivity contribution in [3.8, 4) is 6.01 Å². The first-order chi connectivity index (χ1) is 9.79. The molecule has 2 rings (SSSR count). The fourth-order valence-corrected chi connectivity index (χ4v) is 2.27. The Bertz CT molecular complexity index is 781. The molecule has 0 unspecified atom stereocenters. The van der Waals surface area contributed by atoms with Crippen LogP contribution in [-0.4, -0.2) is 36.7 Å². The lowest BCUT2D eigenvalue weighted by molar-refractivity contribution is 0.379. The van der Waals surface area contributed by atoms with E-state index in [1.807, 2.05) is 0 Å². The van der Waals surface area contributed by atoms with E-state index < -0.39 is 9.84 Å². The third-order valence-electron chi connectivity index (χ3n) is 2.47. The molecule has 8 nitrogen and oxygen atoms in total. The van der Waals surface area contributed by atoms with Gasteiger partial charge in [-0.15, -0.1) is 0 Å². The summed E-state index contributed by atoms with van der Waals surface area (Å²) in [6.45, 7) is 0. The normalized spacial score (nSPS) is 11.2. The average Bonchev–Trinajstić information content (AvgIpc) is 2.39. The number of nitrogens with one attached hydrogen (secondary N) is 1. The van der Waals surface area contributed by atoms with Crippen molar-refractivity contribution < 1.29 is 13.2 Å². The number of ether oxygens (including phenoxy) is 1. The second-order valence-corrected chi connectivity index (χ2v) is 6.41. The van der Waals surface area contributed by atoms with Gasteiger partial charge in [-0.25, -0.2) is 8.42 Å². The Morgan fingerprint density at radius 3 is 2.62 bits per heavy atom. The van der Waals surface area contributed by atoms with Crippen LogP contribution in [0.1, 0.15) is 0 Å². The number of nitrogens with two attached hydrogens (primary N) is 1. The number of anilines is 3. The molecule has 2 aromatic rings. The SMILES string of the molecule is COc1nc(Cl)nc(Nc2cc(S(C)(=O)=O)ccc2N)n1. The lowest BCUT2D eigenvalue weighted by Crippen LogP contribution is -2.05. The zero-order valence-corrected chi connectivity index (χ0v) is 12.7. The monoisotopic (exact) mass is 329 g/mol. The molecule has 3 N–H and O–H groups in total. The summed E-state index contributed by atoms with van der Waals surface area (Å²) in [5.74, 6) is 0.0872. The molecule has 0 atom stereocenters. The Morgan fingerprint density at radius 1 is 1.29 bits per heavy atom. The van der Waals surface area contributed by atoms with Crippen LogP contribution in [0.15, 0.2) is 23.1 Å². The van der Waals surface area contributed by atoms with Gasteiger partial charge in [-0.05, 0) is 29.8 Å². The molecule has 10 heteroatoms. The van der Waals surface area contributed by atoms with Crippen molar-refractivity contribution in [2.45, 2.75) is 4.90 Å². The van der Waals surface area contributed by atoms with Crippen molar-refractivity contribution >= 4 is 38.8 Å². The van der Waals surface area contributed by atoms with Gasteiger partial charge in [0.15, 0.2) is 9.84 Å². The minimum absolute atomic E-state index is 0.0235. The van der Waals surface area contributed by atoms with Gasteiger partial charge in [0, 0.05) is 6.26 Å². The van der Waals surface area contributed by atoms with Gasteiger partial charge in [-0.2, -0.15) is 15.0 Å². The van der Waals surface area contributed by atoms with E-state index in [9.17, 15) is 8.42 Å². The van der Waals surface area contributed by atoms with E-state index in [2.05, 4.69) is 20.3 Å². The van der Waals surface area contributed by atoms with Gasteiger partial charge in [-0.1, -0.05) is 0 Å². The lowest BCUT2D eigenvalue weighted by atomic mass is 10.3. The van der Waals surface area contributed by atoms with Crippen LogP contribution in [0.5, 0.6) is 6.01 Å². The molecule has 1 heterocycles. The highest BCUT2D eigenvalue weighted by Crippen LogP contribution is 2.25. The largest absolute Gasteiger partial charge is 0.467 e. The quantitative estimate of drug-likeness (QED) is 0.804. The number of halogens is 1. The summed E-state index contributed by atoms with van der Waals surface area (Å²) in [6.07, 6.45) is 1.10. The third-order valence-corrected chi connectivity index (χ3v) is 3.75. The summed E-state index contributed by atoms with van der Waals surface area (Å²) in [5.41, 5.74) is 6.46. The highest BCUT2D eigenvalue weighted by atomic mass is 35.5. The van der Waals surface area contributed by atoms with Crippen LogP contribution in [0.25, 0.3) is 0 Å². The third kappa shape index (κ3) is 3.70. The Balaban J connectivity index is 2.42. The van der Waals surface area contributed by atoms with Crippen molar-refractivity contribution in [1.82, 2.24) is 15.0 Å². The maximum Gasteiger partial charge on any atom is 0.322 e. The topological polar surface area (TPSA) is 120 Å². The number of rotatable bonds is 4. The molecule has 0 saturated carbocycles. The molecule has 0 radical (unpaired) electrons. The summed E-state index contributed by atoms with van der Waals surface area (Å²) >= 11 is 5.73. The zero-order chi connectivity index (χ0) is 15.6. The summed E-state index contributed by atoms with van der Waals surface area (Å²) in [6, 6.07) is 4.29. The number of hydrogen-bond donors (Lipinski definition) is 2. The van der Waals surface area contributed by atoms with Crippen LogP contribution >= 0.6 is 11.6 Å². The molecular formula is C11H12ClN5O3S. The first-order valence-corrected chi connectivity index (χ1v) is 7.88. The first-order valence-electron chi connectivity index (χ1n) is 5.62. The Hall–Kier alpha value is -2.13. The molecule has 0 aliphatic carbocycles. The van der Waals surface area contributed by atoms with E-state index in [1.54, 1.807) is 0 Å². The fourth-order valence-electron chi connectivity index (χ4n) is 1.47. The smallest absolute Gasteiger partial charge is 0.322 e. The maximum absolute atomic E-state index is 11.6. The predicted molar refractivity (Wildman–Crippen MR) is 78.6 cm³/mol. The van der Waals surface area contributed by atoms with Gasteiger partial charge >= 0.3 is 6.01 Å². The van der Waals surface area contributed by atoms with E-state index >= 15 is 0 Å². The number of aromatic nitrogens is 3. The average molecular weight is 330 g/mol. The molecular weight excluding hydrogens is 318 g/mol. The van der Waals surface area contributed by atoms with Crippen LogP contribution in [0.2, 0.25) is 5.28 Å². The van der Waals surface area contributed by atoms with E-state index in [1.165, 1.54) is 25.3 Å². The summed E-state index contributed by atoms with van der Waals surface area (Å²) < 4.78 is 28.0. The van der Waals surface area contributed by atoms with Gasteiger partial charge < -0.3 is 15.8 Å². The maximum atomic E-state index is 11.6. The minimum atomic E-state index is -3.35. The van der Waals surface area contributed by atoms with Crippen molar-refractivity contribution in [3.63, 3.8) is 0 Å². The van der Waals surface area contributed by atoms with Gasteiger partial charge in [0.1, 0.15) is 0 Å². The Kier molecular flexibility index (Phi) is 4.14. The van der Waals surface area contributed by atoms with Crippen molar-refractivity contribution in [3.05, 3.63) is 23.5 Å². The van der Waals surface area contributed by atoms with Gasteiger partial charge in [0.2, 0.25) is 11.2 Å². The molecule has 21 heavy (non-hydrogen) atoms. The van der Waals surface area contributed by atoms with Crippen LogP contribution in [-0.2, 0) is 9.84 Å². The highest BCUT2D eigenvalue weighted by Gasteiger charge is 2.12. The van der Waals surface area contributed by atoms with Crippen LogP contribution < -0.4 is 15.8 Å².